The Morgan fingerprint density at radius 1 is 1.17 bits per heavy atom. The van der Waals surface area contributed by atoms with Crippen LogP contribution in [0, 0.1) is 12.8 Å². The van der Waals surface area contributed by atoms with Crippen molar-refractivity contribution in [3.8, 4) is 0 Å². The van der Waals surface area contributed by atoms with E-state index in [1.807, 2.05) is 38.1 Å². The predicted octanol–water partition coefficient (Wildman–Crippen LogP) is 6.24. The number of nitrogens with zero attached hydrogens (tertiary/aromatic N) is 1. The molecule has 1 aromatic carbocycles. The Morgan fingerprint density at radius 3 is 2.63 bits per heavy atom. The number of allylic oxidation sites excluding steroid dienone is 5. The molecule has 1 aliphatic rings. The van der Waals surface area contributed by atoms with E-state index >= 15 is 0 Å². The fraction of sp³-hybridized carbons (Fsp3) is 0.312. The highest BCUT2D eigenvalue weighted by molar-refractivity contribution is 5.91. The third-order valence-corrected chi connectivity index (χ3v) is 6.70. The van der Waals surface area contributed by atoms with Crippen LogP contribution in [0.4, 0.5) is 0 Å². The minimum atomic E-state index is 0.220. The number of aryl methyl sites for hydroxylation is 1. The molecule has 3 rings (SSSR count). The number of hydrogen-bond acceptors (Lipinski definition) is 3. The summed E-state index contributed by atoms with van der Waals surface area (Å²) in [5.41, 5.74) is 6.11. The molecule has 2 aromatic rings. The van der Waals surface area contributed by atoms with Crippen LogP contribution in [0.15, 0.2) is 73.0 Å². The zero-order chi connectivity index (χ0) is 25.2. The first kappa shape index (κ1) is 26.2. The van der Waals surface area contributed by atoms with Gasteiger partial charge in [0.1, 0.15) is 0 Å². The maximum absolute atomic E-state index is 12.5. The van der Waals surface area contributed by atoms with Gasteiger partial charge < -0.3 is 5.32 Å². The molecule has 0 bridgehead atoms. The number of nitrogens with one attached hydrogen (secondary N) is 1. The Kier molecular flexibility index (Phi) is 9.60. The summed E-state index contributed by atoms with van der Waals surface area (Å²) >= 11 is 0. The first-order chi connectivity index (χ1) is 16.9. The van der Waals surface area contributed by atoms with Gasteiger partial charge in [-0.05, 0) is 97.7 Å². The summed E-state index contributed by atoms with van der Waals surface area (Å²) in [6.45, 7) is 14.2. The van der Waals surface area contributed by atoms with Gasteiger partial charge in [-0.1, -0.05) is 68.8 Å². The first-order valence-electron chi connectivity index (χ1n) is 12.6. The molecule has 35 heavy (non-hydrogen) atoms. The number of hydrogen-bond donors (Lipinski definition) is 1. The Hall–Kier alpha value is -3.46. The second-order valence-electron chi connectivity index (χ2n) is 9.28. The number of pyridine rings is 1. The molecule has 0 radical (unpaired) electrons. The summed E-state index contributed by atoms with van der Waals surface area (Å²) in [4.78, 5) is 17.2. The number of ketones is 1. The highest BCUT2D eigenvalue weighted by atomic mass is 16.1. The van der Waals surface area contributed by atoms with E-state index in [1.165, 1.54) is 19.3 Å². The fourth-order valence-corrected chi connectivity index (χ4v) is 4.56. The first-order valence-corrected chi connectivity index (χ1v) is 12.6. The molecule has 1 fully saturated rings. The van der Waals surface area contributed by atoms with Gasteiger partial charge in [0.2, 0.25) is 0 Å². The van der Waals surface area contributed by atoms with Crippen LogP contribution in [0.3, 0.4) is 0 Å². The monoisotopic (exact) mass is 466 g/mol. The highest BCUT2D eigenvalue weighted by Gasteiger charge is 2.18. The van der Waals surface area contributed by atoms with Gasteiger partial charge in [-0.25, -0.2) is 0 Å². The van der Waals surface area contributed by atoms with E-state index in [-0.39, 0.29) is 11.7 Å². The van der Waals surface area contributed by atoms with Crippen LogP contribution in [0.2, 0.25) is 0 Å². The van der Waals surface area contributed by atoms with Gasteiger partial charge in [0, 0.05) is 11.6 Å². The van der Waals surface area contributed by atoms with Gasteiger partial charge in [-0.3, -0.25) is 9.78 Å². The summed E-state index contributed by atoms with van der Waals surface area (Å²) in [5.74, 6) is 0.505. The van der Waals surface area contributed by atoms with Crippen LogP contribution in [0.1, 0.15) is 69.3 Å². The van der Waals surface area contributed by atoms with Crippen LogP contribution in [-0.2, 0) is 4.79 Å². The van der Waals surface area contributed by atoms with Crippen molar-refractivity contribution in [3.63, 3.8) is 0 Å². The molecule has 182 valence electrons. The van der Waals surface area contributed by atoms with Gasteiger partial charge in [-0.2, -0.15) is 0 Å². The van der Waals surface area contributed by atoms with Gasteiger partial charge in [0.15, 0.2) is 5.78 Å². The average Bonchev–Trinajstić information content (AvgIpc) is 2.87. The van der Waals surface area contributed by atoms with E-state index in [4.69, 9.17) is 0 Å². The summed E-state index contributed by atoms with van der Waals surface area (Å²) < 4.78 is 0. The quantitative estimate of drug-likeness (QED) is 0.445. The third-order valence-electron chi connectivity index (χ3n) is 6.70. The number of aromatic nitrogens is 1. The van der Waals surface area contributed by atoms with Crippen molar-refractivity contribution in [2.24, 2.45) is 5.92 Å². The summed E-state index contributed by atoms with van der Waals surface area (Å²) in [6.07, 6.45) is 16.2. The van der Waals surface area contributed by atoms with Crippen LogP contribution >= 0.6 is 0 Å². The molecule has 1 aromatic heterocycles. The molecule has 3 heteroatoms. The van der Waals surface area contributed by atoms with Crippen molar-refractivity contribution >= 4 is 29.7 Å². The topological polar surface area (TPSA) is 42.0 Å². The van der Waals surface area contributed by atoms with E-state index in [0.717, 1.165) is 63.5 Å². The molecule has 0 spiro atoms. The largest absolute Gasteiger partial charge is 0.360 e. The molecule has 1 heterocycles. The molecular weight excluding hydrogens is 428 g/mol. The molecule has 0 saturated heterocycles. The van der Waals surface area contributed by atoms with Crippen LogP contribution in [0.5, 0.6) is 0 Å². The average molecular weight is 467 g/mol. The second kappa shape index (κ2) is 12.9. The molecule has 0 amide bonds. The third kappa shape index (κ3) is 7.26. The zero-order valence-electron chi connectivity index (χ0n) is 21.4. The number of carbonyl (C=O) groups is 1. The fourth-order valence-electron chi connectivity index (χ4n) is 4.56. The summed E-state index contributed by atoms with van der Waals surface area (Å²) in [5, 5.41) is 5.31. The Labute approximate surface area is 210 Å². The van der Waals surface area contributed by atoms with Crippen molar-refractivity contribution in [2.75, 3.05) is 0 Å². The molecule has 3 nitrogen and oxygen atoms in total. The molecule has 1 N–H and O–H groups in total. The lowest BCUT2D eigenvalue weighted by Crippen LogP contribution is -2.23. The zero-order valence-corrected chi connectivity index (χ0v) is 21.4. The standard InChI is InChI=1S/C32H38N2O/c1-6-26(14-12-18-31(35)27-15-9-8-10-16-27)21-29-22-28(20-19-23(29)3)25(5)32(33-7-2)30-17-11-13-24(4)34-30/h6-7,11-13,17-22,27,33H,2-3,8-10,14-16H2,1,4-5H3/b18-12+,26-6-,29-21-,32-25+. The number of benzene rings is 1. The lowest BCUT2D eigenvalue weighted by Gasteiger charge is -2.18. The maximum atomic E-state index is 12.5. The smallest absolute Gasteiger partial charge is 0.158 e. The van der Waals surface area contributed by atoms with Crippen molar-refractivity contribution in [2.45, 2.75) is 59.3 Å². The van der Waals surface area contributed by atoms with E-state index in [0.29, 0.717) is 0 Å². The minimum Gasteiger partial charge on any atom is -0.360 e. The minimum absolute atomic E-state index is 0.220. The number of carbonyl (C=O) groups excluding carboxylic acids is 1. The number of rotatable bonds is 9. The van der Waals surface area contributed by atoms with Gasteiger partial charge in [-0.15, -0.1) is 0 Å². The maximum Gasteiger partial charge on any atom is 0.158 e. The van der Waals surface area contributed by atoms with E-state index in [2.05, 4.69) is 60.7 Å². The van der Waals surface area contributed by atoms with E-state index < -0.39 is 0 Å². The van der Waals surface area contributed by atoms with E-state index in [9.17, 15) is 4.79 Å². The molecular formula is C32H38N2O. The van der Waals surface area contributed by atoms with Crippen LogP contribution in [-0.4, -0.2) is 10.8 Å². The van der Waals surface area contributed by atoms with Gasteiger partial charge in [0.05, 0.1) is 11.4 Å². The normalized spacial score (nSPS) is 16.3. The molecule has 0 unspecified atom stereocenters. The highest BCUT2D eigenvalue weighted by Crippen LogP contribution is 2.25. The van der Waals surface area contributed by atoms with Crippen molar-refractivity contribution in [1.82, 2.24) is 10.3 Å². The van der Waals surface area contributed by atoms with Crippen molar-refractivity contribution in [3.05, 3.63) is 100 Å². The summed E-state index contributed by atoms with van der Waals surface area (Å²) in [6, 6.07) is 12.3. The predicted molar refractivity (Wildman–Crippen MR) is 150 cm³/mol. The van der Waals surface area contributed by atoms with Gasteiger partial charge >= 0.3 is 0 Å². The molecule has 0 atom stereocenters. The van der Waals surface area contributed by atoms with Crippen LogP contribution < -0.4 is 15.8 Å². The Morgan fingerprint density at radius 2 is 1.94 bits per heavy atom. The Balaban J connectivity index is 1.87. The van der Waals surface area contributed by atoms with Crippen molar-refractivity contribution in [1.29, 1.82) is 0 Å². The molecule has 0 aliphatic heterocycles. The van der Waals surface area contributed by atoms with Crippen LogP contribution in [0.25, 0.3) is 23.9 Å². The van der Waals surface area contributed by atoms with Gasteiger partial charge in [0.25, 0.3) is 0 Å². The summed E-state index contributed by atoms with van der Waals surface area (Å²) in [7, 11) is 0. The van der Waals surface area contributed by atoms with E-state index in [1.54, 1.807) is 12.3 Å². The Bertz CT molecular complexity index is 1260. The molecule has 1 saturated carbocycles. The van der Waals surface area contributed by atoms with Crippen molar-refractivity contribution < 1.29 is 4.79 Å². The lowest BCUT2D eigenvalue weighted by molar-refractivity contribution is -0.119. The lowest BCUT2D eigenvalue weighted by atomic mass is 9.86. The SMILES string of the molecule is C=CN/C(=C(\C)c1ccc(=C)/c(=C\C(=C/C)C/C=C/C(=O)C2CCCCC2)c1)c1cccc(C)n1. The molecule has 1 aliphatic carbocycles. The second-order valence-corrected chi connectivity index (χ2v) is 9.28.